The van der Waals surface area contributed by atoms with E-state index >= 15 is 0 Å². The van der Waals surface area contributed by atoms with Crippen molar-refractivity contribution in [3.05, 3.63) is 68.7 Å². The molecule has 8 nitrogen and oxygen atoms in total. The normalized spacial score (nSPS) is 12.4. The summed E-state index contributed by atoms with van der Waals surface area (Å²) in [5.41, 5.74) is 0.959. The maximum Gasteiger partial charge on any atom is 0.264 e. The fraction of sp³-hybridized carbons (Fsp3) is 0.190. The van der Waals surface area contributed by atoms with Crippen LogP contribution in [-0.2, 0) is 6.54 Å². The van der Waals surface area contributed by atoms with Gasteiger partial charge in [0.15, 0.2) is 16.3 Å². The van der Waals surface area contributed by atoms with Gasteiger partial charge in [-0.05, 0) is 61.1 Å². The first-order valence-corrected chi connectivity index (χ1v) is 9.67. The molecule has 2 aromatic carbocycles. The van der Waals surface area contributed by atoms with Crippen LogP contribution in [0, 0.1) is 4.77 Å². The SMILES string of the molecule is CCOc1ccc(-n2c(O)c(C=NCc3ccc4c(c3)OCO4)c(=O)[nH]c2=S)cc1. The lowest BCUT2D eigenvalue weighted by Gasteiger charge is -2.12. The number of benzene rings is 2. The van der Waals surface area contributed by atoms with Gasteiger partial charge in [0.1, 0.15) is 11.3 Å². The Morgan fingerprint density at radius 1 is 1.23 bits per heavy atom. The number of aromatic nitrogens is 2. The highest BCUT2D eigenvalue weighted by Crippen LogP contribution is 2.32. The summed E-state index contributed by atoms with van der Waals surface area (Å²) < 4.78 is 17.5. The first-order chi connectivity index (χ1) is 14.6. The molecular formula is C21H19N3O5S. The third-order valence-electron chi connectivity index (χ3n) is 4.46. The predicted octanol–water partition coefficient (Wildman–Crippen LogP) is 3.35. The lowest BCUT2D eigenvalue weighted by molar-refractivity contribution is 0.174. The van der Waals surface area contributed by atoms with Crippen LogP contribution >= 0.6 is 12.2 Å². The number of hydrogen-bond acceptors (Lipinski definition) is 7. The summed E-state index contributed by atoms with van der Waals surface area (Å²) in [6, 6.07) is 12.5. The fourth-order valence-corrected chi connectivity index (χ4v) is 3.32. The predicted molar refractivity (Wildman–Crippen MR) is 114 cm³/mol. The van der Waals surface area contributed by atoms with Gasteiger partial charge in [0.2, 0.25) is 12.7 Å². The largest absolute Gasteiger partial charge is 0.494 e. The van der Waals surface area contributed by atoms with Crippen molar-refractivity contribution in [2.75, 3.05) is 13.4 Å². The van der Waals surface area contributed by atoms with Gasteiger partial charge in [-0.2, -0.15) is 0 Å². The van der Waals surface area contributed by atoms with Crippen molar-refractivity contribution < 1.29 is 19.3 Å². The number of aromatic amines is 1. The number of hydrogen-bond donors (Lipinski definition) is 2. The van der Waals surface area contributed by atoms with E-state index in [0.29, 0.717) is 36.1 Å². The zero-order chi connectivity index (χ0) is 21.1. The van der Waals surface area contributed by atoms with Crippen LogP contribution in [0.4, 0.5) is 0 Å². The van der Waals surface area contributed by atoms with Gasteiger partial charge in [0.25, 0.3) is 5.56 Å². The Labute approximate surface area is 177 Å². The molecule has 0 unspecified atom stereocenters. The molecule has 4 rings (SSSR count). The first-order valence-electron chi connectivity index (χ1n) is 9.26. The third-order valence-corrected chi connectivity index (χ3v) is 4.74. The zero-order valence-corrected chi connectivity index (χ0v) is 16.9. The Hall–Kier alpha value is -3.59. The molecule has 0 radical (unpaired) electrons. The van der Waals surface area contributed by atoms with Crippen molar-refractivity contribution >= 4 is 18.4 Å². The standard InChI is InChI=1S/C21H19N3O5S/c1-2-27-15-6-4-14(5-7-15)24-20(26)16(19(25)23-21(24)30)11-22-10-13-3-8-17-18(9-13)29-12-28-17/h3-9,11,26H,2,10,12H2,1H3,(H,23,25,30). The average Bonchev–Trinajstić information content (AvgIpc) is 3.19. The summed E-state index contributed by atoms with van der Waals surface area (Å²) in [6.07, 6.45) is 1.33. The van der Waals surface area contributed by atoms with Crippen LogP contribution in [0.3, 0.4) is 0 Å². The minimum absolute atomic E-state index is 0.0122. The van der Waals surface area contributed by atoms with Gasteiger partial charge in [0, 0.05) is 6.21 Å². The lowest BCUT2D eigenvalue weighted by Crippen LogP contribution is -2.18. The van der Waals surface area contributed by atoms with Crippen LogP contribution in [0.5, 0.6) is 23.1 Å². The number of aromatic hydroxyl groups is 1. The van der Waals surface area contributed by atoms with Crippen LogP contribution in [0.2, 0.25) is 0 Å². The molecule has 0 aliphatic carbocycles. The maximum absolute atomic E-state index is 12.3. The van der Waals surface area contributed by atoms with E-state index in [1.807, 2.05) is 25.1 Å². The molecule has 2 heterocycles. The Kier molecular flexibility index (Phi) is 5.53. The van der Waals surface area contributed by atoms with Gasteiger partial charge in [-0.25, -0.2) is 0 Å². The summed E-state index contributed by atoms with van der Waals surface area (Å²) in [4.78, 5) is 19.2. The molecule has 0 saturated heterocycles. The van der Waals surface area contributed by atoms with Gasteiger partial charge in [-0.1, -0.05) is 6.07 Å². The summed E-state index contributed by atoms with van der Waals surface area (Å²) in [5, 5.41) is 10.7. The Morgan fingerprint density at radius 2 is 2.00 bits per heavy atom. The highest BCUT2D eigenvalue weighted by Gasteiger charge is 2.14. The smallest absolute Gasteiger partial charge is 0.264 e. The lowest BCUT2D eigenvalue weighted by atomic mass is 10.2. The fourth-order valence-electron chi connectivity index (χ4n) is 3.03. The second kappa shape index (κ2) is 8.42. The van der Waals surface area contributed by atoms with Crippen molar-refractivity contribution in [3.63, 3.8) is 0 Å². The number of nitrogens with zero attached hydrogens (tertiary/aromatic N) is 2. The number of aliphatic imine (C=N–C) groups is 1. The van der Waals surface area contributed by atoms with Crippen molar-refractivity contribution in [2.24, 2.45) is 4.99 Å². The topological polar surface area (TPSA) is 98.1 Å². The van der Waals surface area contributed by atoms with Gasteiger partial charge < -0.3 is 19.3 Å². The van der Waals surface area contributed by atoms with E-state index < -0.39 is 5.56 Å². The molecule has 0 fully saturated rings. The van der Waals surface area contributed by atoms with Gasteiger partial charge >= 0.3 is 0 Å². The Morgan fingerprint density at radius 3 is 2.77 bits per heavy atom. The van der Waals surface area contributed by atoms with E-state index in [4.69, 9.17) is 26.4 Å². The molecule has 0 spiro atoms. The van der Waals surface area contributed by atoms with E-state index in [9.17, 15) is 9.90 Å². The molecule has 30 heavy (non-hydrogen) atoms. The minimum Gasteiger partial charge on any atom is -0.494 e. The number of rotatable bonds is 6. The van der Waals surface area contributed by atoms with Crippen molar-refractivity contribution in [2.45, 2.75) is 13.5 Å². The average molecular weight is 425 g/mol. The summed E-state index contributed by atoms with van der Waals surface area (Å²) >= 11 is 5.23. The Balaban J connectivity index is 1.62. The molecular weight excluding hydrogens is 406 g/mol. The molecule has 154 valence electrons. The zero-order valence-electron chi connectivity index (χ0n) is 16.1. The maximum atomic E-state index is 12.3. The number of H-pyrrole nitrogens is 1. The summed E-state index contributed by atoms with van der Waals surface area (Å²) in [5.74, 6) is 1.76. The molecule has 2 N–H and O–H groups in total. The molecule has 0 atom stereocenters. The molecule has 0 bridgehead atoms. The second-order valence-corrected chi connectivity index (χ2v) is 6.80. The monoisotopic (exact) mass is 425 g/mol. The van der Waals surface area contributed by atoms with Crippen molar-refractivity contribution in [1.29, 1.82) is 0 Å². The van der Waals surface area contributed by atoms with Gasteiger partial charge in [-0.3, -0.25) is 19.3 Å². The molecule has 1 aliphatic rings. The van der Waals surface area contributed by atoms with Crippen molar-refractivity contribution in [3.8, 4) is 28.8 Å². The number of fused-ring (bicyclic) bond motifs is 1. The van der Waals surface area contributed by atoms with Crippen LogP contribution in [0.15, 0.2) is 52.3 Å². The van der Waals surface area contributed by atoms with Crippen LogP contribution in [-0.4, -0.2) is 34.3 Å². The van der Waals surface area contributed by atoms with Crippen LogP contribution in [0.1, 0.15) is 18.1 Å². The quantitative estimate of drug-likeness (QED) is 0.464. The van der Waals surface area contributed by atoms with Crippen LogP contribution < -0.4 is 19.8 Å². The number of ether oxygens (including phenoxy) is 3. The summed E-state index contributed by atoms with van der Waals surface area (Å²) in [7, 11) is 0. The van der Waals surface area contributed by atoms with E-state index in [1.54, 1.807) is 24.3 Å². The van der Waals surface area contributed by atoms with E-state index in [0.717, 1.165) is 5.56 Å². The number of nitrogens with one attached hydrogen (secondary N) is 1. The Bertz CT molecular complexity index is 1210. The molecule has 1 aromatic heterocycles. The highest BCUT2D eigenvalue weighted by molar-refractivity contribution is 7.71. The second-order valence-electron chi connectivity index (χ2n) is 6.42. The first kappa shape index (κ1) is 19.7. The van der Waals surface area contributed by atoms with E-state index in [1.165, 1.54) is 10.8 Å². The van der Waals surface area contributed by atoms with Crippen LogP contribution in [0.25, 0.3) is 5.69 Å². The highest BCUT2D eigenvalue weighted by atomic mass is 32.1. The molecule has 0 saturated carbocycles. The summed E-state index contributed by atoms with van der Waals surface area (Å²) in [6.45, 7) is 2.94. The molecule has 0 amide bonds. The molecule has 9 heteroatoms. The molecule has 3 aromatic rings. The third kappa shape index (κ3) is 3.92. The van der Waals surface area contributed by atoms with E-state index in [2.05, 4.69) is 9.98 Å². The van der Waals surface area contributed by atoms with Gasteiger partial charge in [0.05, 0.1) is 18.8 Å². The van der Waals surface area contributed by atoms with Crippen molar-refractivity contribution in [1.82, 2.24) is 9.55 Å². The molecule has 1 aliphatic heterocycles. The van der Waals surface area contributed by atoms with E-state index in [-0.39, 0.29) is 23.0 Å². The van der Waals surface area contributed by atoms with Gasteiger partial charge in [-0.15, -0.1) is 0 Å². The minimum atomic E-state index is -0.519.